The molecule has 1 saturated heterocycles. The fourth-order valence-electron chi connectivity index (χ4n) is 2.69. The SMILES string of the molecule is CC(C)CCOC1CCN(c2ccc3ncc([N+](=O)[O-])n3n2)C1. The summed E-state index contributed by atoms with van der Waals surface area (Å²) in [4.78, 5) is 16.6. The van der Waals surface area contributed by atoms with Crippen molar-refractivity contribution < 1.29 is 9.66 Å². The highest BCUT2D eigenvalue weighted by Gasteiger charge is 2.26. The summed E-state index contributed by atoms with van der Waals surface area (Å²) < 4.78 is 7.18. The Balaban J connectivity index is 1.69. The van der Waals surface area contributed by atoms with Crippen molar-refractivity contribution in [1.82, 2.24) is 14.6 Å². The molecule has 2 aromatic heterocycles. The summed E-state index contributed by atoms with van der Waals surface area (Å²) in [5, 5.41) is 15.4. The molecule has 1 unspecified atom stereocenters. The van der Waals surface area contributed by atoms with Gasteiger partial charge in [-0.1, -0.05) is 23.5 Å². The minimum atomic E-state index is -0.474. The highest BCUT2D eigenvalue weighted by molar-refractivity contribution is 5.49. The Hall–Kier alpha value is -2.22. The van der Waals surface area contributed by atoms with E-state index in [2.05, 4.69) is 28.8 Å². The van der Waals surface area contributed by atoms with Crippen molar-refractivity contribution in [2.75, 3.05) is 24.6 Å². The van der Waals surface area contributed by atoms with Crippen molar-refractivity contribution in [3.8, 4) is 0 Å². The standard InChI is InChI=1S/C15H21N5O3/c1-11(2)6-8-23-12-5-7-18(10-12)14-4-3-13-16-9-15(20(21)22)19(13)17-14/h3-4,9,11-12H,5-8,10H2,1-2H3. The zero-order valence-electron chi connectivity index (χ0n) is 13.4. The minimum Gasteiger partial charge on any atom is -0.376 e. The number of rotatable bonds is 6. The molecule has 0 amide bonds. The third-order valence-corrected chi connectivity index (χ3v) is 4.04. The fourth-order valence-corrected chi connectivity index (χ4v) is 2.69. The second kappa shape index (κ2) is 6.49. The molecule has 0 radical (unpaired) electrons. The van der Waals surface area contributed by atoms with Gasteiger partial charge in [0.05, 0.1) is 6.10 Å². The molecule has 0 spiro atoms. The average Bonchev–Trinajstić information content (AvgIpc) is 3.12. The summed E-state index contributed by atoms with van der Waals surface area (Å²) in [6, 6.07) is 3.60. The number of imidazole rings is 1. The number of fused-ring (bicyclic) bond motifs is 1. The molecule has 0 bridgehead atoms. The number of ether oxygens (including phenoxy) is 1. The lowest BCUT2D eigenvalue weighted by Gasteiger charge is -2.16. The van der Waals surface area contributed by atoms with Crippen molar-refractivity contribution >= 4 is 17.3 Å². The van der Waals surface area contributed by atoms with Crippen LogP contribution in [0, 0.1) is 16.0 Å². The lowest BCUT2D eigenvalue weighted by atomic mass is 10.1. The topological polar surface area (TPSA) is 85.8 Å². The lowest BCUT2D eigenvalue weighted by molar-refractivity contribution is -0.391. The Morgan fingerprint density at radius 3 is 3.04 bits per heavy atom. The maximum atomic E-state index is 11.0. The van der Waals surface area contributed by atoms with Crippen molar-refractivity contribution in [1.29, 1.82) is 0 Å². The Labute approximate surface area is 134 Å². The molecular formula is C15H21N5O3. The van der Waals surface area contributed by atoms with Gasteiger partial charge in [-0.3, -0.25) is 0 Å². The van der Waals surface area contributed by atoms with Gasteiger partial charge in [-0.25, -0.2) is 4.98 Å². The second-order valence-electron chi connectivity index (χ2n) is 6.25. The number of hydrogen-bond acceptors (Lipinski definition) is 6. The summed E-state index contributed by atoms with van der Waals surface area (Å²) in [6.07, 6.45) is 3.43. The third kappa shape index (κ3) is 3.42. The number of nitro groups is 1. The molecule has 8 nitrogen and oxygen atoms in total. The van der Waals surface area contributed by atoms with Crippen LogP contribution in [0.25, 0.3) is 5.65 Å². The number of aromatic nitrogens is 3. The summed E-state index contributed by atoms with van der Waals surface area (Å²) in [5.41, 5.74) is 0.476. The predicted molar refractivity (Wildman–Crippen MR) is 85.7 cm³/mol. The van der Waals surface area contributed by atoms with Crippen molar-refractivity contribution in [2.24, 2.45) is 5.92 Å². The molecule has 1 aliphatic heterocycles. The highest BCUT2D eigenvalue weighted by atomic mass is 16.6. The van der Waals surface area contributed by atoms with E-state index >= 15 is 0 Å². The number of anilines is 1. The van der Waals surface area contributed by atoms with E-state index in [9.17, 15) is 10.1 Å². The molecular weight excluding hydrogens is 298 g/mol. The zero-order chi connectivity index (χ0) is 16.4. The molecule has 1 fully saturated rings. The zero-order valence-corrected chi connectivity index (χ0v) is 13.4. The van der Waals surface area contributed by atoms with Crippen molar-refractivity contribution in [2.45, 2.75) is 32.8 Å². The molecule has 0 saturated carbocycles. The van der Waals surface area contributed by atoms with E-state index in [0.29, 0.717) is 17.4 Å². The number of nitrogens with zero attached hydrogens (tertiary/aromatic N) is 5. The first kappa shape index (κ1) is 15.7. The summed E-state index contributed by atoms with van der Waals surface area (Å²) in [6.45, 7) is 6.74. The number of hydrogen-bond donors (Lipinski definition) is 0. The molecule has 8 heteroatoms. The van der Waals surface area contributed by atoms with E-state index in [1.165, 1.54) is 10.7 Å². The first-order chi connectivity index (χ1) is 11.0. The molecule has 0 aliphatic carbocycles. The van der Waals surface area contributed by atoms with Crippen molar-refractivity contribution in [3.63, 3.8) is 0 Å². The minimum absolute atomic E-state index is 0.120. The maximum absolute atomic E-state index is 11.0. The van der Waals surface area contributed by atoms with E-state index in [1.807, 2.05) is 6.07 Å². The quantitative estimate of drug-likeness (QED) is 0.600. The van der Waals surface area contributed by atoms with Gasteiger partial charge in [0.15, 0.2) is 5.82 Å². The summed E-state index contributed by atoms with van der Waals surface area (Å²) in [7, 11) is 0. The van der Waals surface area contributed by atoms with Gasteiger partial charge in [-0.15, -0.1) is 0 Å². The van der Waals surface area contributed by atoms with Gasteiger partial charge in [0.25, 0.3) is 0 Å². The molecule has 23 heavy (non-hydrogen) atoms. The fraction of sp³-hybridized carbons (Fsp3) is 0.600. The molecule has 0 N–H and O–H groups in total. The molecule has 2 aromatic rings. The van der Waals surface area contributed by atoms with E-state index in [-0.39, 0.29) is 11.9 Å². The normalized spacial score (nSPS) is 18.2. The van der Waals surface area contributed by atoms with E-state index in [1.54, 1.807) is 6.07 Å². The maximum Gasteiger partial charge on any atom is 0.368 e. The van der Waals surface area contributed by atoms with Gasteiger partial charge >= 0.3 is 5.82 Å². The van der Waals surface area contributed by atoms with Crippen LogP contribution in [-0.4, -0.2) is 45.3 Å². The van der Waals surface area contributed by atoms with E-state index < -0.39 is 4.92 Å². The van der Waals surface area contributed by atoms with Crippen molar-refractivity contribution in [3.05, 3.63) is 28.4 Å². The van der Waals surface area contributed by atoms with E-state index in [4.69, 9.17) is 4.74 Å². The van der Waals surface area contributed by atoms with Crippen LogP contribution in [0.15, 0.2) is 18.3 Å². The van der Waals surface area contributed by atoms with Gasteiger partial charge < -0.3 is 19.8 Å². The predicted octanol–water partition coefficient (Wildman–Crippen LogP) is 2.28. The Morgan fingerprint density at radius 1 is 1.48 bits per heavy atom. The summed E-state index contributed by atoms with van der Waals surface area (Å²) >= 11 is 0. The molecule has 1 aliphatic rings. The van der Waals surface area contributed by atoms with Crippen LogP contribution < -0.4 is 4.90 Å². The Kier molecular flexibility index (Phi) is 4.42. The Morgan fingerprint density at radius 2 is 2.30 bits per heavy atom. The molecule has 1 atom stereocenters. The van der Waals surface area contributed by atoms with Crippen LogP contribution in [0.4, 0.5) is 11.6 Å². The van der Waals surface area contributed by atoms with Gasteiger partial charge in [0.1, 0.15) is 6.20 Å². The highest BCUT2D eigenvalue weighted by Crippen LogP contribution is 2.22. The molecule has 124 valence electrons. The first-order valence-corrected chi connectivity index (χ1v) is 7.90. The first-order valence-electron chi connectivity index (χ1n) is 7.90. The molecule has 0 aromatic carbocycles. The smallest absolute Gasteiger partial charge is 0.368 e. The lowest BCUT2D eigenvalue weighted by Crippen LogP contribution is -2.24. The van der Waals surface area contributed by atoms with Gasteiger partial charge in [-0.05, 0) is 29.7 Å². The van der Waals surface area contributed by atoms with Crippen LogP contribution in [0.5, 0.6) is 0 Å². The monoisotopic (exact) mass is 319 g/mol. The average molecular weight is 319 g/mol. The van der Waals surface area contributed by atoms with Crippen LogP contribution in [-0.2, 0) is 4.74 Å². The molecule has 3 heterocycles. The van der Waals surface area contributed by atoms with Gasteiger partial charge in [-0.2, -0.15) is 0 Å². The Bertz CT molecular complexity index is 699. The van der Waals surface area contributed by atoms with Crippen LogP contribution in [0.3, 0.4) is 0 Å². The van der Waals surface area contributed by atoms with E-state index in [0.717, 1.165) is 32.5 Å². The van der Waals surface area contributed by atoms with Crippen LogP contribution in [0.1, 0.15) is 26.7 Å². The van der Waals surface area contributed by atoms with Gasteiger partial charge in [0.2, 0.25) is 5.65 Å². The third-order valence-electron chi connectivity index (χ3n) is 4.04. The second-order valence-corrected chi connectivity index (χ2v) is 6.25. The van der Waals surface area contributed by atoms with Crippen LogP contribution in [0.2, 0.25) is 0 Å². The summed E-state index contributed by atoms with van der Waals surface area (Å²) in [5.74, 6) is 1.23. The largest absolute Gasteiger partial charge is 0.376 e. The molecule has 3 rings (SSSR count). The van der Waals surface area contributed by atoms with Gasteiger partial charge in [0, 0.05) is 25.8 Å². The van der Waals surface area contributed by atoms with Crippen LogP contribution >= 0.6 is 0 Å².